The van der Waals surface area contributed by atoms with Gasteiger partial charge in [0.25, 0.3) is 5.91 Å². The smallest absolute Gasteiger partial charge is 0.252 e. The third kappa shape index (κ3) is 2.65. The average molecular weight is 296 g/mol. The molecule has 0 unspecified atom stereocenters. The first-order valence-electron chi connectivity index (χ1n) is 7.04. The van der Waals surface area contributed by atoms with Crippen LogP contribution in [0, 0.1) is 6.92 Å². The predicted octanol–water partition coefficient (Wildman–Crippen LogP) is 2.92. The highest BCUT2D eigenvalue weighted by molar-refractivity contribution is 6.06. The maximum absolute atomic E-state index is 12.5. The molecule has 1 aromatic carbocycles. The number of carbonyl (C=O) groups excluding carboxylic acids is 1. The summed E-state index contributed by atoms with van der Waals surface area (Å²) in [4.78, 5) is 26.9. The highest BCUT2D eigenvalue weighted by Gasteiger charge is 2.16. The van der Waals surface area contributed by atoms with E-state index in [1.54, 1.807) is 6.07 Å². The van der Waals surface area contributed by atoms with Gasteiger partial charge in [-0.25, -0.2) is 0 Å². The SMILES string of the molecule is Cc1ccc([C@@H](C)NC(=O)c2cc(=O)[nH]c3ccccc23)o1. The number of pyridine rings is 1. The van der Waals surface area contributed by atoms with E-state index in [0.717, 1.165) is 5.76 Å². The monoisotopic (exact) mass is 296 g/mol. The second kappa shape index (κ2) is 5.52. The Labute approximate surface area is 127 Å². The van der Waals surface area contributed by atoms with Crippen molar-refractivity contribution in [2.45, 2.75) is 19.9 Å². The van der Waals surface area contributed by atoms with Crippen LogP contribution in [0.2, 0.25) is 0 Å². The Morgan fingerprint density at radius 2 is 2.00 bits per heavy atom. The van der Waals surface area contributed by atoms with Gasteiger partial charge in [0, 0.05) is 17.0 Å². The number of para-hydroxylation sites is 1. The number of H-pyrrole nitrogens is 1. The standard InChI is InChI=1S/C17H16N2O3/c1-10-7-8-15(22-10)11(2)18-17(21)13-9-16(20)19-14-6-4-3-5-12(13)14/h3-9,11H,1-2H3,(H,18,21)(H,19,20)/t11-/m1/s1. The normalized spacial score (nSPS) is 12.3. The highest BCUT2D eigenvalue weighted by Crippen LogP contribution is 2.18. The Balaban J connectivity index is 1.94. The zero-order valence-corrected chi connectivity index (χ0v) is 12.3. The highest BCUT2D eigenvalue weighted by atomic mass is 16.3. The summed E-state index contributed by atoms with van der Waals surface area (Å²) in [6.45, 7) is 3.69. The Kier molecular flexibility index (Phi) is 3.55. The first kappa shape index (κ1) is 14.1. The Morgan fingerprint density at radius 3 is 2.73 bits per heavy atom. The Bertz CT molecular complexity index is 892. The molecular formula is C17H16N2O3. The fourth-order valence-electron chi connectivity index (χ4n) is 2.42. The predicted molar refractivity (Wildman–Crippen MR) is 83.9 cm³/mol. The summed E-state index contributed by atoms with van der Waals surface area (Å²) in [5.41, 5.74) is 0.696. The minimum Gasteiger partial charge on any atom is -0.464 e. The summed E-state index contributed by atoms with van der Waals surface area (Å²) in [5, 5.41) is 3.57. The minimum atomic E-state index is -0.302. The molecule has 1 amide bonds. The van der Waals surface area contributed by atoms with E-state index in [4.69, 9.17) is 4.42 Å². The number of amides is 1. The Morgan fingerprint density at radius 1 is 1.23 bits per heavy atom. The molecule has 1 atom stereocenters. The summed E-state index contributed by atoms with van der Waals surface area (Å²) in [6, 6.07) is 11.9. The van der Waals surface area contributed by atoms with Gasteiger partial charge in [-0.15, -0.1) is 0 Å². The number of carbonyl (C=O) groups is 1. The number of aromatic nitrogens is 1. The molecule has 2 heterocycles. The Hall–Kier alpha value is -2.82. The molecule has 0 bridgehead atoms. The fourth-order valence-corrected chi connectivity index (χ4v) is 2.42. The summed E-state index contributed by atoms with van der Waals surface area (Å²) in [7, 11) is 0. The molecule has 0 aliphatic rings. The van der Waals surface area contributed by atoms with Crippen LogP contribution in [0.1, 0.15) is 34.8 Å². The summed E-state index contributed by atoms with van der Waals surface area (Å²) in [5.74, 6) is 1.17. The van der Waals surface area contributed by atoms with Crippen molar-refractivity contribution in [3.8, 4) is 0 Å². The molecule has 0 aliphatic carbocycles. The van der Waals surface area contributed by atoms with Crippen LogP contribution in [0.15, 0.2) is 51.7 Å². The van der Waals surface area contributed by atoms with Gasteiger partial charge in [0.1, 0.15) is 11.5 Å². The molecule has 0 aliphatic heterocycles. The number of hydrogen-bond acceptors (Lipinski definition) is 3. The van der Waals surface area contributed by atoms with E-state index in [1.807, 2.05) is 44.2 Å². The second-order valence-corrected chi connectivity index (χ2v) is 5.24. The number of fused-ring (bicyclic) bond motifs is 1. The van der Waals surface area contributed by atoms with Crippen molar-refractivity contribution in [2.75, 3.05) is 0 Å². The first-order valence-corrected chi connectivity index (χ1v) is 7.04. The van der Waals surface area contributed by atoms with Gasteiger partial charge < -0.3 is 14.7 Å². The maximum Gasteiger partial charge on any atom is 0.252 e. The van der Waals surface area contributed by atoms with Crippen LogP contribution in [0.5, 0.6) is 0 Å². The van der Waals surface area contributed by atoms with Crippen molar-refractivity contribution in [2.24, 2.45) is 0 Å². The number of hydrogen-bond donors (Lipinski definition) is 2. The van der Waals surface area contributed by atoms with E-state index in [-0.39, 0.29) is 17.5 Å². The molecule has 112 valence electrons. The van der Waals surface area contributed by atoms with Gasteiger partial charge in [0.15, 0.2) is 0 Å². The molecule has 0 spiro atoms. The second-order valence-electron chi connectivity index (χ2n) is 5.24. The van der Waals surface area contributed by atoms with Crippen LogP contribution in [0.25, 0.3) is 10.9 Å². The van der Waals surface area contributed by atoms with Gasteiger partial charge in [0.2, 0.25) is 5.56 Å². The molecule has 5 heteroatoms. The largest absolute Gasteiger partial charge is 0.464 e. The molecule has 0 saturated heterocycles. The zero-order chi connectivity index (χ0) is 15.7. The van der Waals surface area contributed by atoms with Gasteiger partial charge in [0.05, 0.1) is 11.6 Å². The molecule has 0 fully saturated rings. The average Bonchev–Trinajstić information content (AvgIpc) is 2.93. The lowest BCUT2D eigenvalue weighted by molar-refractivity contribution is 0.0936. The third-order valence-corrected chi connectivity index (χ3v) is 3.53. The van der Waals surface area contributed by atoms with Crippen molar-refractivity contribution >= 4 is 16.8 Å². The number of benzene rings is 1. The van der Waals surface area contributed by atoms with Crippen molar-refractivity contribution in [1.29, 1.82) is 0 Å². The summed E-state index contributed by atoms with van der Waals surface area (Å²) in [6.07, 6.45) is 0. The summed E-state index contributed by atoms with van der Waals surface area (Å²) < 4.78 is 5.51. The number of nitrogens with one attached hydrogen (secondary N) is 2. The first-order chi connectivity index (χ1) is 10.5. The molecule has 3 aromatic rings. The molecule has 0 saturated carbocycles. The van der Waals surface area contributed by atoms with Gasteiger partial charge >= 0.3 is 0 Å². The van der Waals surface area contributed by atoms with Crippen LogP contribution in [-0.2, 0) is 0 Å². The number of furan rings is 1. The van der Waals surface area contributed by atoms with Gasteiger partial charge in [-0.2, -0.15) is 0 Å². The minimum absolute atomic E-state index is 0.278. The van der Waals surface area contributed by atoms with E-state index >= 15 is 0 Å². The van der Waals surface area contributed by atoms with Crippen LogP contribution in [0.4, 0.5) is 0 Å². The van der Waals surface area contributed by atoms with Crippen LogP contribution >= 0.6 is 0 Å². The van der Waals surface area contributed by atoms with E-state index in [9.17, 15) is 9.59 Å². The lowest BCUT2D eigenvalue weighted by Crippen LogP contribution is -2.27. The molecule has 22 heavy (non-hydrogen) atoms. The zero-order valence-electron chi connectivity index (χ0n) is 12.3. The van der Waals surface area contributed by atoms with E-state index < -0.39 is 0 Å². The van der Waals surface area contributed by atoms with Gasteiger partial charge in [-0.05, 0) is 32.0 Å². The molecule has 2 N–H and O–H groups in total. The van der Waals surface area contributed by atoms with E-state index in [0.29, 0.717) is 22.2 Å². The summed E-state index contributed by atoms with van der Waals surface area (Å²) >= 11 is 0. The molecule has 0 radical (unpaired) electrons. The maximum atomic E-state index is 12.5. The van der Waals surface area contributed by atoms with Crippen molar-refractivity contribution in [3.05, 3.63) is 69.9 Å². The number of aryl methyl sites for hydroxylation is 1. The quantitative estimate of drug-likeness (QED) is 0.780. The van der Waals surface area contributed by atoms with E-state index in [1.165, 1.54) is 6.07 Å². The van der Waals surface area contributed by atoms with Crippen LogP contribution in [-0.4, -0.2) is 10.9 Å². The van der Waals surface area contributed by atoms with Crippen molar-refractivity contribution in [1.82, 2.24) is 10.3 Å². The van der Waals surface area contributed by atoms with Gasteiger partial charge in [-0.3, -0.25) is 9.59 Å². The fraction of sp³-hybridized carbons (Fsp3) is 0.176. The van der Waals surface area contributed by atoms with Crippen LogP contribution in [0.3, 0.4) is 0 Å². The lowest BCUT2D eigenvalue weighted by atomic mass is 10.1. The van der Waals surface area contributed by atoms with E-state index in [2.05, 4.69) is 10.3 Å². The number of aromatic amines is 1. The number of rotatable bonds is 3. The lowest BCUT2D eigenvalue weighted by Gasteiger charge is -2.12. The van der Waals surface area contributed by atoms with Gasteiger partial charge in [-0.1, -0.05) is 18.2 Å². The topological polar surface area (TPSA) is 75.1 Å². The molecule has 3 rings (SSSR count). The van der Waals surface area contributed by atoms with Crippen molar-refractivity contribution in [3.63, 3.8) is 0 Å². The van der Waals surface area contributed by atoms with Crippen molar-refractivity contribution < 1.29 is 9.21 Å². The van der Waals surface area contributed by atoms with Crippen LogP contribution < -0.4 is 10.9 Å². The third-order valence-electron chi connectivity index (χ3n) is 3.53. The molecular weight excluding hydrogens is 280 g/mol. The molecule has 2 aromatic heterocycles. The molecule has 5 nitrogen and oxygen atoms in total.